The molecule has 0 unspecified atom stereocenters. The molecule has 2 aromatic rings. The number of hydrogen-bond donors (Lipinski definition) is 3. The maximum absolute atomic E-state index is 12.2. The first-order chi connectivity index (χ1) is 14.0. The van der Waals surface area contributed by atoms with E-state index in [0.717, 1.165) is 18.6 Å². The van der Waals surface area contributed by atoms with Crippen molar-refractivity contribution in [3.8, 4) is 5.75 Å². The van der Waals surface area contributed by atoms with Crippen molar-refractivity contribution in [1.29, 1.82) is 0 Å². The summed E-state index contributed by atoms with van der Waals surface area (Å²) in [7, 11) is 0. The highest BCUT2D eigenvalue weighted by Gasteiger charge is 2.10. The van der Waals surface area contributed by atoms with E-state index in [4.69, 9.17) is 28.6 Å². The van der Waals surface area contributed by atoms with Gasteiger partial charge in [-0.05, 0) is 61.1 Å². The minimum atomic E-state index is -0.431. The molecule has 2 aromatic carbocycles. The molecular formula is C21H24ClN3O3S. The van der Waals surface area contributed by atoms with Crippen LogP contribution in [-0.4, -0.2) is 23.5 Å². The molecule has 8 heteroatoms. The van der Waals surface area contributed by atoms with Crippen LogP contribution < -0.4 is 20.9 Å². The van der Waals surface area contributed by atoms with Crippen molar-refractivity contribution in [2.24, 2.45) is 0 Å². The maximum atomic E-state index is 12.2. The molecule has 3 N–H and O–H groups in total. The van der Waals surface area contributed by atoms with Crippen molar-refractivity contribution >= 4 is 40.7 Å². The predicted octanol–water partition coefficient (Wildman–Crippen LogP) is 4.25. The van der Waals surface area contributed by atoms with Gasteiger partial charge in [0.25, 0.3) is 11.8 Å². The molecule has 0 aliphatic heterocycles. The fraction of sp³-hybridized carbons (Fsp3) is 0.286. The molecule has 0 heterocycles. The number of benzene rings is 2. The van der Waals surface area contributed by atoms with Gasteiger partial charge in [-0.2, -0.15) is 0 Å². The highest BCUT2D eigenvalue weighted by atomic mass is 35.5. The van der Waals surface area contributed by atoms with E-state index in [1.54, 1.807) is 42.5 Å². The maximum Gasteiger partial charge on any atom is 0.269 e. The molecule has 0 fully saturated rings. The van der Waals surface area contributed by atoms with E-state index < -0.39 is 5.91 Å². The Morgan fingerprint density at radius 1 is 0.966 bits per heavy atom. The van der Waals surface area contributed by atoms with Crippen LogP contribution >= 0.6 is 23.8 Å². The van der Waals surface area contributed by atoms with Crippen LogP contribution in [0.3, 0.4) is 0 Å². The molecule has 0 saturated carbocycles. The summed E-state index contributed by atoms with van der Waals surface area (Å²) in [4.78, 5) is 24.3. The molecule has 0 bridgehead atoms. The number of hydrazine groups is 1. The van der Waals surface area contributed by atoms with E-state index in [1.165, 1.54) is 18.9 Å². The number of ether oxygens (including phenoxy) is 1. The molecule has 2 amide bonds. The summed E-state index contributed by atoms with van der Waals surface area (Å²) in [6.45, 7) is 2.83. The normalized spacial score (nSPS) is 10.1. The Morgan fingerprint density at radius 3 is 2.41 bits per heavy atom. The lowest BCUT2D eigenvalue weighted by molar-refractivity contribution is 0.0934. The Morgan fingerprint density at radius 2 is 1.72 bits per heavy atom. The largest absolute Gasteiger partial charge is 0.494 e. The third-order valence-corrected chi connectivity index (χ3v) is 4.43. The van der Waals surface area contributed by atoms with Gasteiger partial charge in [0.1, 0.15) is 5.75 Å². The van der Waals surface area contributed by atoms with Gasteiger partial charge in [0.2, 0.25) is 0 Å². The van der Waals surface area contributed by atoms with Crippen molar-refractivity contribution in [1.82, 2.24) is 16.2 Å². The van der Waals surface area contributed by atoms with Crippen LogP contribution in [0.1, 0.15) is 53.3 Å². The Hall–Kier alpha value is -2.64. The molecule has 0 aliphatic rings. The average Bonchev–Trinajstić information content (AvgIpc) is 2.72. The number of carbonyl (C=O) groups excluding carboxylic acids is 2. The van der Waals surface area contributed by atoms with Crippen molar-refractivity contribution < 1.29 is 14.3 Å². The fourth-order valence-electron chi connectivity index (χ4n) is 2.44. The first-order valence-electron chi connectivity index (χ1n) is 9.39. The smallest absolute Gasteiger partial charge is 0.269 e. The molecule has 29 heavy (non-hydrogen) atoms. The van der Waals surface area contributed by atoms with Gasteiger partial charge in [-0.3, -0.25) is 25.8 Å². The molecule has 0 atom stereocenters. The van der Waals surface area contributed by atoms with E-state index in [9.17, 15) is 9.59 Å². The molecule has 154 valence electrons. The summed E-state index contributed by atoms with van der Waals surface area (Å²) in [5, 5.41) is 2.88. The van der Waals surface area contributed by atoms with E-state index in [2.05, 4.69) is 23.1 Å². The SMILES string of the molecule is CCCCCCOc1ccc(C(=O)NNC(=S)NC(=O)c2cccc(Cl)c2)cc1. The van der Waals surface area contributed by atoms with Crippen LogP contribution in [0.4, 0.5) is 0 Å². The van der Waals surface area contributed by atoms with Gasteiger partial charge in [0.15, 0.2) is 5.11 Å². The molecule has 0 aliphatic carbocycles. The standard InChI is InChI=1S/C21H24ClN3O3S/c1-2-3-4-5-13-28-18-11-9-15(10-12-18)20(27)24-25-21(29)23-19(26)16-7-6-8-17(22)14-16/h6-12,14H,2-5,13H2,1H3,(H,24,27)(H2,23,25,26,29). The topological polar surface area (TPSA) is 79.5 Å². The third-order valence-electron chi connectivity index (χ3n) is 3.99. The zero-order valence-electron chi connectivity index (χ0n) is 16.2. The number of hydrogen-bond acceptors (Lipinski definition) is 4. The molecule has 0 saturated heterocycles. The molecule has 6 nitrogen and oxygen atoms in total. The third kappa shape index (κ3) is 8.09. The van der Waals surface area contributed by atoms with E-state index in [1.807, 2.05) is 0 Å². The zero-order chi connectivity index (χ0) is 21.1. The lowest BCUT2D eigenvalue weighted by atomic mass is 10.2. The first kappa shape index (κ1) is 22.6. The zero-order valence-corrected chi connectivity index (χ0v) is 17.7. The highest BCUT2D eigenvalue weighted by Crippen LogP contribution is 2.13. The summed E-state index contributed by atoms with van der Waals surface area (Å²) in [6, 6.07) is 13.3. The number of rotatable bonds is 8. The Balaban J connectivity index is 1.75. The van der Waals surface area contributed by atoms with Crippen LogP contribution in [-0.2, 0) is 0 Å². The molecular weight excluding hydrogens is 410 g/mol. The fourth-order valence-corrected chi connectivity index (χ4v) is 2.78. The van der Waals surface area contributed by atoms with Crippen molar-refractivity contribution in [3.63, 3.8) is 0 Å². The van der Waals surface area contributed by atoms with Gasteiger partial charge >= 0.3 is 0 Å². The second-order valence-corrected chi connectivity index (χ2v) is 7.15. The van der Waals surface area contributed by atoms with Crippen LogP contribution in [0.25, 0.3) is 0 Å². The van der Waals surface area contributed by atoms with Crippen LogP contribution in [0.2, 0.25) is 5.02 Å². The summed E-state index contributed by atoms with van der Waals surface area (Å²) in [6.07, 6.45) is 4.55. The quantitative estimate of drug-likeness (QED) is 0.329. The average molecular weight is 434 g/mol. The van der Waals surface area contributed by atoms with E-state index >= 15 is 0 Å². The van der Waals surface area contributed by atoms with Gasteiger partial charge in [-0.1, -0.05) is 43.9 Å². The van der Waals surface area contributed by atoms with Gasteiger partial charge in [-0.15, -0.1) is 0 Å². The molecule has 2 rings (SSSR count). The van der Waals surface area contributed by atoms with Crippen molar-refractivity contribution in [2.45, 2.75) is 32.6 Å². The summed E-state index contributed by atoms with van der Waals surface area (Å²) < 4.78 is 5.65. The van der Waals surface area contributed by atoms with Crippen LogP contribution in [0.15, 0.2) is 48.5 Å². The monoisotopic (exact) mass is 433 g/mol. The van der Waals surface area contributed by atoms with Gasteiger partial charge in [-0.25, -0.2) is 0 Å². The van der Waals surface area contributed by atoms with Crippen molar-refractivity contribution in [3.05, 3.63) is 64.7 Å². The van der Waals surface area contributed by atoms with Crippen LogP contribution in [0, 0.1) is 0 Å². The minimum absolute atomic E-state index is 0.0321. The minimum Gasteiger partial charge on any atom is -0.494 e. The number of unbranched alkanes of at least 4 members (excludes halogenated alkanes) is 3. The Kier molecular flexibility index (Phi) is 9.40. The highest BCUT2D eigenvalue weighted by molar-refractivity contribution is 7.80. The Bertz CT molecular complexity index is 843. The number of carbonyl (C=O) groups is 2. The number of thiocarbonyl (C=S) groups is 1. The van der Waals surface area contributed by atoms with E-state index in [0.29, 0.717) is 22.8 Å². The number of amides is 2. The van der Waals surface area contributed by atoms with Crippen molar-refractivity contribution in [2.75, 3.05) is 6.61 Å². The van der Waals surface area contributed by atoms with Gasteiger partial charge in [0.05, 0.1) is 6.61 Å². The number of halogens is 1. The van der Waals surface area contributed by atoms with Gasteiger partial charge < -0.3 is 4.74 Å². The molecule has 0 spiro atoms. The van der Waals surface area contributed by atoms with Gasteiger partial charge in [0, 0.05) is 16.1 Å². The second kappa shape index (κ2) is 12.0. The molecule has 0 aromatic heterocycles. The Labute approximate surface area is 180 Å². The number of nitrogens with one attached hydrogen (secondary N) is 3. The second-order valence-electron chi connectivity index (χ2n) is 6.31. The lowest BCUT2D eigenvalue weighted by Crippen LogP contribution is -2.48. The summed E-state index contributed by atoms with van der Waals surface area (Å²) >= 11 is 10.9. The lowest BCUT2D eigenvalue weighted by Gasteiger charge is -2.11. The summed E-state index contributed by atoms with van der Waals surface area (Å²) in [5.41, 5.74) is 5.73. The predicted molar refractivity (Wildman–Crippen MR) is 118 cm³/mol. The summed E-state index contributed by atoms with van der Waals surface area (Å²) in [5.74, 6) is -0.103. The molecule has 0 radical (unpaired) electrons. The van der Waals surface area contributed by atoms with E-state index in [-0.39, 0.29) is 11.0 Å². The van der Waals surface area contributed by atoms with Crippen LogP contribution in [0.5, 0.6) is 5.75 Å². The first-order valence-corrected chi connectivity index (χ1v) is 10.2.